The van der Waals surface area contributed by atoms with E-state index in [2.05, 4.69) is 46.0 Å². The van der Waals surface area contributed by atoms with E-state index in [1.54, 1.807) is 0 Å². The molecule has 3 heteroatoms. The molecule has 0 spiro atoms. The van der Waals surface area contributed by atoms with Crippen molar-refractivity contribution in [2.45, 2.75) is 32.2 Å². The first kappa shape index (κ1) is 9.85. The molecule has 0 aliphatic heterocycles. The summed E-state index contributed by atoms with van der Waals surface area (Å²) in [4.78, 5) is 4.63. The Morgan fingerprint density at radius 2 is 2.31 bits per heavy atom. The van der Waals surface area contributed by atoms with Gasteiger partial charge in [0, 0.05) is 25.2 Å². The molecule has 0 saturated heterocycles. The second-order valence-corrected chi connectivity index (χ2v) is 4.55. The Labute approximate surface area is 95.5 Å². The monoisotopic (exact) mass is 215 g/mol. The van der Waals surface area contributed by atoms with E-state index in [1.165, 1.54) is 24.2 Å². The molecular formula is C13H17N3. The Morgan fingerprint density at radius 1 is 1.44 bits per heavy atom. The van der Waals surface area contributed by atoms with Gasteiger partial charge in [-0.15, -0.1) is 0 Å². The fourth-order valence-corrected chi connectivity index (χ4v) is 2.12. The highest BCUT2D eigenvalue weighted by Crippen LogP contribution is 2.18. The molecule has 2 heterocycles. The Kier molecular flexibility index (Phi) is 2.40. The summed E-state index contributed by atoms with van der Waals surface area (Å²) in [5.41, 5.74) is 2.35. The number of pyridine rings is 1. The number of aryl methyl sites for hydroxylation is 1. The molecule has 2 aromatic rings. The lowest BCUT2D eigenvalue weighted by molar-refractivity contribution is 0.664. The molecule has 0 atom stereocenters. The smallest absolute Gasteiger partial charge is 0.114 e. The molecule has 1 fully saturated rings. The quantitative estimate of drug-likeness (QED) is 0.844. The molecule has 84 valence electrons. The molecule has 0 amide bonds. The van der Waals surface area contributed by atoms with Gasteiger partial charge in [0.05, 0.1) is 11.2 Å². The summed E-state index contributed by atoms with van der Waals surface area (Å²) >= 11 is 0. The van der Waals surface area contributed by atoms with E-state index in [9.17, 15) is 0 Å². The van der Waals surface area contributed by atoms with Crippen LogP contribution in [-0.2, 0) is 6.42 Å². The molecule has 3 rings (SSSR count). The number of fused-ring (bicyclic) bond motifs is 1. The first-order valence-corrected chi connectivity index (χ1v) is 6.00. The Morgan fingerprint density at radius 3 is 3.12 bits per heavy atom. The zero-order valence-corrected chi connectivity index (χ0v) is 9.61. The summed E-state index contributed by atoms with van der Waals surface area (Å²) in [6.45, 7) is 3.12. The zero-order valence-electron chi connectivity index (χ0n) is 9.61. The lowest BCUT2D eigenvalue weighted by atomic mass is 10.3. The minimum atomic E-state index is 0.785. The van der Waals surface area contributed by atoms with Crippen LogP contribution in [0.1, 0.15) is 24.4 Å². The minimum absolute atomic E-state index is 0.785. The molecule has 2 aromatic heterocycles. The molecule has 0 aromatic carbocycles. The topological polar surface area (TPSA) is 29.3 Å². The lowest BCUT2D eigenvalue weighted by Crippen LogP contribution is -2.20. The van der Waals surface area contributed by atoms with Crippen LogP contribution in [-0.4, -0.2) is 22.0 Å². The second kappa shape index (κ2) is 3.91. The van der Waals surface area contributed by atoms with Gasteiger partial charge in [0.25, 0.3) is 0 Å². The molecule has 1 aliphatic carbocycles. The fourth-order valence-electron chi connectivity index (χ4n) is 2.12. The van der Waals surface area contributed by atoms with Gasteiger partial charge in [-0.25, -0.2) is 4.98 Å². The first-order chi connectivity index (χ1) is 7.84. The van der Waals surface area contributed by atoms with Gasteiger partial charge in [0.2, 0.25) is 0 Å². The van der Waals surface area contributed by atoms with Gasteiger partial charge in [-0.3, -0.25) is 0 Å². The van der Waals surface area contributed by atoms with Gasteiger partial charge >= 0.3 is 0 Å². The summed E-state index contributed by atoms with van der Waals surface area (Å²) < 4.78 is 2.20. The van der Waals surface area contributed by atoms with Crippen LogP contribution in [0.3, 0.4) is 0 Å². The summed E-state index contributed by atoms with van der Waals surface area (Å²) in [5, 5.41) is 3.53. The van der Waals surface area contributed by atoms with Crippen LogP contribution in [0.25, 0.3) is 5.52 Å². The Balaban J connectivity index is 1.79. The van der Waals surface area contributed by atoms with Crippen LogP contribution < -0.4 is 5.32 Å². The second-order valence-electron chi connectivity index (χ2n) is 4.55. The highest BCUT2D eigenvalue weighted by Gasteiger charge is 2.20. The summed E-state index contributed by atoms with van der Waals surface area (Å²) in [6.07, 6.45) is 5.81. The molecule has 3 nitrogen and oxygen atoms in total. The number of imidazole rings is 1. The number of rotatable bonds is 4. The van der Waals surface area contributed by atoms with Crippen molar-refractivity contribution >= 4 is 5.52 Å². The number of aromatic nitrogens is 2. The van der Waals surface area contributed by atoms with E-state index >= 15 is 0 Å². The summed E-state index contributed by atoms with van der Waals surface area (Å²) in [5.74, 6) is 1.17. The van der Waals surface area contributed by atoms with Gasteiger partial charge in [-0.1, -0.05) is 6.07 Å². The summed E-state index contributed by atoms with van der Waals surface area (Å²) in [6, 6.07) is 7.04. The Bertz CT molecular complexity index is 497. The lowest BCUT2D eigenvalue weighted by Gasteiger charge is -2.02. The van der Waals surface area contributed by atoms with Crippen LogP contribution in [0.2, 0.25) is 0 Å². The van der Waals surface area contributed by atoms with Crippen LogP contribution >= 0.6 is 0 Å². The van der Waals surface area contributed by atoms with Crippen molar-refractivity contribution in [3.63, 3.8) is 0 Å². The van der Waals surface area contributed by atoms with Crippen molar-refractivity contribution in [3.05, 3.63) is 35.9 Å². The summed E-state index contributed by atoms with van der Waals surface area (Å²) in [7, 11) is 0. The standard InChI is InChI=1S/C13H17N3/c1-10-12-4-2-3-9-16(12)13(15-10)7-8-14-11-5-6-11/h2-4,9,11,14H,5-8H2,1H3. The third kappa shape index (κ3) is 1.83. The molecule has 0 radical (unpaired) electrons. The molecule has 1 saturated carbocycles. The highest BCUT2D eigenvalue weighted by atomic mass is 15.0. The van der Waals surface area contributed by atoms with Crippen LogP contribution in [0, 0.1) is 6.92 Å². The first-order valence-electron chi connectivity index (χ1n) is 6.00. The van der Waals surface area contributed by atoms with E-state index in [0.717, 1.165) is 24.7 Å². The van der Waals surface area contributed by atoms with Crippen molar-refractivity contribution < 1.29 is 0 Å². The van der Waals surface area contributed by atoms with E-state index in [4.69, 9.17) is 0 Å². The normalized spacial score (nSPS) is 15.8. The van der Waals surface area contributed by atoms with Gasteiger partial charge in [0.15, 0.2) is 0 Å². The highest BCUT2D eigenvalue weighted by molar-refractivity contribution is 5.52. The van der Waals surface area contributed by atoms with Crippen LogP contribution in [0.4, 0.5) is 0 Å². The van der Waals surface area contributed by atoms with Crippen molar-refractivity contribution in [1.82, 2.24) is 14.7 Å². The Hall–Kier alpha value is -1.35. The van der Waals surface area contributed by atoms with Gasteiger partial charge in [0.1, 0.15) is 5.82 Å². The fraction of sp³-hybridized carbons (Fsp3) is 0.462. The minimum Gasteiger partial charge on any atom is -0.314 e. The van der Waals surface area contributed by atoms with Crippen molar-refractivity contribution in [3.8, 4) is 0 Å². The van der Waals surface area contributed by atoms with Gasteiger partial charge in [-0.05, 0) is 31.9 Å². The maximum Gasteiger partial charge on any atom is 0.114 e. The predicted octanol–water partition coefficient (Wildman–Crippen LogP) is 1.94. The molecule has 16 heavy (non-hydrogen) atoms. The predicted molar refractivity (Wildman–Crippen MR) is 64.7 cm³/mol. The SMILES string of the molecule is Cc1nc(CCNC2CC2)n2ccccc12. The third-order valence-electron chi connectivity index (χ3n) is 3.16. The third-order valence-corrected chi connectivity index (χ3v) is 3.16. The average molecular weight is 215 g/mol. The number of nitrogens with one attached hydrogen (secondary N) is 1. The molecule has 1 N–H and O–H groups in total. The van der Waals surface area contributed by atoms with E-state index in [1.807, 2.05) is 0 Å². The van der Waals surface area contributed by atoms with Crippen molar-refractivity contribution in [1.29, 1.82) is 0 Å². The maximum atomic E-state index is 4.63. The van der Waals surface area contributed by atoms with E-state index in [-0.39, 0.29) is 0 Å². The van der Waals surface area contributed by atoms with Gasteiger partial charge < -0.3 is 9.72 Å². The average Bonchev–Trinajstić information content (AvgIpc) is 3.06. The number of hydrogen-bond donors (Lipinski definition) is 1. The van der Waals surface area contributed by atoms with Crippen LogP contribution in [0.5, 0.6) is 0 Å². The number of hydrogen-bond acceptors (Lipinski definition) is 2. The zero-order chi connectivity index (χ0) is 11.0. The van der Waals surface area contributed by atoms with Crippen LogP contribution in [0.15, 0.2) is 24.4 Å². The molecule has 0 unspecified atom stereocenters. The van der Waals surface area contributed by atoms with Crippen molar-refractivity contribution in [2.24, 2.45) is 0 Å². The maximum absolute atomic E-state index is 4.63. The van der Waals surface area contributed by atoms with Gasteiger partial charge in [-0.2, -0.15) is 0 Å². The molecule has 1 aliphatic rings. The van der Waals surface area contributed by atoms with E-state index in [0.29, 0.717) is 0 Å². The largest absolute Gasteiger partial charge is 0.314 e. The number of nitrogens with zero attached hydrogens (tertiary/aromatic N) is 2. The van der Waals surface area contributed by atoms with E-state index < -0.39 is 0 Å². The molecular weight excluding hydrogens is 198 g/mol. The molecule has 0 bridgehead atoms. The van der Waals surface area contributed by atoms with Crippen molar-refractivity contribution in [2.75, 3.05) is 6.54 Å².